The molecule has 0 spiro atoms. The minimum absolute atomic E-state index is 0.00988. The molecule has 3 aliphatic heterocycles. The topological polar surface area (TPSA) is 19.6 Å². The van der Waals surface area contributed by atoms with E-state index < -0.39 is 10.0 Å². The van der Waals surface area contributed by atoms with Crippen LogP contribution in [0.1, 0.15) is 135 Å². The maximum Gasteiger partial charge on any atom is 0.297 e. The predicted molar refractivity (Wildman–Crippen MR) is 323 cm³/mol. The van der Waals surface area contributed by atoms with Crippen molar-refractivity contribution in [3.05, 3.63) is 197 Å². The fourth-order valence-electron chi connectivity index (χ4n) is 14.5. The van der Waals surface area contributed by atoms with Crippen molar-refractivity contribution >= 4 is 78.4 Å². The summed E-state index contributed by atoms with van der Waals surface area (Å²) in [5.41, 5.74) is 23.0. The smallest absolute Gasteiger partial charge is 0.297 e. The largest absolute Gasteiger partial charge is 0.468 e. The second kappa shape index (κ2) is 15.9. The van der Waals surface area contributed by atoms with Crippen molar-refractivity contribution in [2.75, 3.05) is 9.80 Å². The summed E-state index contributed by atoms with van der Waals surface area (Å²) in [5.74, 6) is 0. The van der Waals surface area contributed by atoms with E-state index >= 15 is 0 Å². The number of aryl methyl sites for hydroxylation is 1. The fourth-order valence-corrected chi connectivity index (χ4v) is 18.7. The normalized spacial score (nSPS) is 18.9. The lowest BCUT2D eigenvalue weighted by atomic mass is 9.35. The Morgan fingerprint density at radius 3 is 1.61 bits per heavy atom. The molecule has 8 aromatic carbocycles. The van der Waals surface area contributed by atoms with Gasteiger partial charge in [-0.15, -0.1) is 10.0 Å². The van der Waals surface area contributed by atoms with Crippen LogP contribution in [0.5, 0.6) is 0 Å². The lowest BCUT2D eigenvalue weighted by molar-refractivity contribution is 0.332. The zero-order valence-electron chi connectivity index (χ0n) is 46.7. The van der Waals surface area contributed by atoms with Crippen LogP contribution in [0.15, 0.2) is 188 Å². The summed E-state index contributed by atoms with van der Waals surface area (Å²) < 4.78 is 7.81. The summed E-state index contributed by atoms with van der Waals surface area (Å²) in [7, 11) is -1.93. The molecule has 0 saturated carbocycles. The number of fused-ring (bicyclic) bond motifs is 11. The molecule has 0 atom stereocenters. The molecule has 2 aliphatic carbocycles. The van der Waals surface area contributed by atoms with E-state index in [0.29, 0.717) is 0 Å². The van der Waals surface area contributed by atoms with Crippen LogP contribution in [-0.4, -0.2) is 6.71 Å². The second-order valence-corrected chi connectivity index (χ2v) is 29.8. The van der Waals surface area contributed by atoms with Crippen LogP contribution < -0.4 is 26.4 Å². The number of hydrogen-bond donors (Lipinski definition) is 0. The SMILES string of the molecule is Cc1cc2c3c(c1)N(c1ccc4c(c1)S(c1ccccc1)(c1ccccc1)c1ccccc1-4)c1c(oc4cc5c(cc14)C(C)(C)CCC5(C)C)B3c1cc3c(cc1N2c1ccc(C(C)(C)C)cc1)C(C)(C)CCC3(C)C. The van der Waals surface area contributed by atoms with E-state index in [1.165, 1.54) is 109 Å². The van der Waals surface area contributed by atoms with Crippen molar-refractivity contribution in [1.29, 1.82) is 0 Å². The second-order valence-electron chi connectivity index (χ2n) is 26.7. The monoisotopic (exact) mass is 1010 g/mol. The third-order valence-electron chi connectivity index (χ3n) is 19.0. The number of benzene rings is 8. The predicted octanol–water partition coefficient (Wildman–Crippen LogP) is 18.1. The number of anilines is 6. The van der Waals surface area contributed by atoms with Crippen LogP contribution in [0.4, 0.5) is 34.1 Å². The quantitative estimate of drug-likeness (QED) is 0.164. The Morgan fingerprint density at radius 1 is 0.487 bits per heavy atom. The van der Waals surface area contributed by atoms with Crippen molar-refractivity contribution in [1.82, 2.24) is 0 Å². The Balaban J connectivity index is 1.11. The lowest BCUT2D eigenvalue weighted by Crippen LogP contribution is -2.61. The molecule has 9 aromatic rings. The standard InChI is InChI=1S/C71H71BN2OS/c1-44-37-59-64-60(38-44)74(47-31-32-51-50-25-19-20-26-62(50)76(63(51)39-47,48-21-15-13-16-22-48)49-23-17-14-18-24-49)65-52-40-53-56(71(11,12)36-33-68(53,5)6)43-61(52)75-66(65)72(64)57-41-54-55(70(9,10)35-34-69(54,7)8)42-58(57)73(59)46-29-27-45(28-30-46)67(2,3)4/h13-32,37-43H,33-36H2,1-12H3. The van der Waals surface area contributed by atoms with Crippen molar-refractivity contribution < 1.29 is 4.42 Å². The Hall–Kier alpha value is -6.69. The third-order valence-corrected chi connectivity index (χ3v) is 23.0. The molecule has 0 fully saturated rings. The molecule has 4 heterocycles. The number of nitrogens with zero attached hydrogens (tertiary/aromatic N) is 2. The maximum absolute atomic E-state index is 7.81. The summed E-state index contributed by atoms with van der Waals surface area (Å²) in [5, 5.41) is 1.20. The average Bonchev–Trinajstić information content (AvgIpc) is 4.03. The molecule has 5 heteroatoms. The molecule has 5 aliphatic rings. The molecule has 0 unspecified atom stereocenters. The highest BCUT2D eigenvalue weighted by molar-refractivity contribution is 8.34. The molecule has 0 saturated heterocycles. The highest BCUT2D eigenvalue weighted by atomic mass is 32.3. The maximum atomic E-state index is 7.81. The molecular weight excluding hydrogens is 940 g/mol. The number of furan rings is 1. The van der Waals surface area contributed by atoms with Crippen LogP contribution >= 0.6 is 10.0 Å². The van der Waals surface area contributed by atoms with Crippen molar-refractivity contribution in [2.45, 2.75) is 155 Å². The molecule has 1 aromatic heterocycles. The van der Waals surface area contributed by atoms with Crippen molar-refractivity contribution in [3.8, 4) is 11.1 Å². The first-order valence-electron chi connectivity index (χ1n) is 28.0. The molecule has 0 bridgehead atoms. The third kappa shape index (κ3) is 6.63. The summed E-state index contributed by atoms with van der Waals surface area (Å²) >= 11 is 0. The molecule has 76 heavy (non-hydrogen) atoms. The zero-order valence-corrected chi connectivity index (χ0v) is 47.5. The van der Waals surface area contributed by atoms with E-state index in [0.717, 1.165) is 42.6 Å². The van der Waals surface area contributed by atoms with E-state index in [-0.39, 0.29) is 33.8 Å². The Bertz CT molecular complexity index is 3850. The van der Waals surface area contributed by atoms with Crippen LogP contribution in [0, 0.1) is 6.92 Å². The first-order chi connectivity index (χ1) is 36.2. The average molecular weight is 1010 g/mol. The molecule has 14 rings (SSSR count). The Labute approximate surface area is 453 Å². The van der Waals surface area contributed by atoms with E-state index in [4.69, 9.17) is 4.42 Å². The van der Waals surface area contributed by atoms with Gasteiger partial charge in [0.1, 0.15) is 5.58 Å². The van der Waals surface area contributed by atoms with Crippen LogP contribution in [0.25, 0.3) is 22.1 Å². The Kier molecular flexibility index (Phi) is 10.0. The number of hydrogen-bond acceptors (Lipinski definition) is 3. The van der Waals surface area contributed by atoms with E-state index in [9.17, 15) is 0 Å². The Morgan fingerprint density at radius 2 is 1.00 bits per heavy atom. The summed E-state index contributed by atoms with van der Waals surface area (Å²) in [6.45, 7) is 28.8. The molecular formula is C71H71BN2OS. The van der Waals surface area contributed by atoms with Crippen LogP contribution in [0.3, 0.4) is 0 Å². The number of rotatable bonds is 4. The highest BCUT2D eigenvalue weighted by Gasteiger charge is 2.51. The zero-order chi connectivity index (χ0) is 52.6. The molecule has 3 nitrogen and oxygen atoms in total. The molecule has 0 amide bonds. The fraction of sp³-hybridized carbons (Fsp3) is 0.296. The van der Waals surface area contributed by atoms with E-state index in [1.54, 1.807) is 0 Å². The van der Waals surface area contributed by atoms with Gasteiger partial charge >= 0.3 is 0 Å². The van der Waals surface area contributed by atoms with Gasteiger partial charge < -0.3 is 14.2 Å². The van der Waals surface area contributed by atoms with Gasteiger partial charge in [0.05, 0.1) is 11.3 Å². The molecule has 380 valence electrons. The van der Waals surface area contributed by atoms with Gasteiger partial charge in [0, 0.05) is 53.4 Å². The molecule has 0 N–H and O–H groups in total. The van der Waals surface area contributed by atoms with Gasteiger partial charge in [-0.25, -0.2) is 0 Å². The summed E-state index contributed by atoms with van der Waals surface area (Å²) in [6, 6.07) is 64.2. The lowest BCUT2D eigenvalue weighted by Gasteiger charge is -2.46. The first-order valence-corrected chi connectivity index (χ1v) is 29.7. The minimum Gasteiger partial charge on any atom is -0.468 e. The highest BCUT2D eigenvalue weighted by Crippen LogP contribution is 2.80. The minimum atomic E-state index is -1.93. The van der Waals surface area contributed by atoms with E-state index in [1.807, 2.05) is 0 Å². The van der Waals surface area contributed by atoms with Crippen LogP contribution in [-0.2, 0) is 27.1 Å². The van der Waals surface area contributed by atoms with Crippen LogP contribution in [0.2, 0.25) is 0 Å². The summed E-state index contributed by atoms with van der Waals surface area (Å²) in [6.07, 6.45) is 4.58. The van der Waals surface area contributed by atoms with Gasteiger partial charge in [0.15, 0.2) is 0 Å². The first kappa shape index (κ1) is 47.7. The molecule has 0 radical (unpaired) electrons. The van der Waals surface area contributed by atoms with Crippen molar-refractivity contribution in [3.63, 3.8) is 0 Å². The van der Waals surface area contributed by atoms with Gasteiger partial charge in [-0.05, 0) is 200 Å². The van der Waals surface area contributed by atoms with Gasteiger partial charge in [-0.2, -0.15) is 0 Å². The van der Waals surface area contributed by atoms with Gasteiger partial charge in [-0.1, -0.05) is 155 Å². The van der Waals surface area contributed by atoms with Gasteiger partial charge in [0.2, 0.25) is 0 Å². The van der Waals surface area contributed by atoms with Gasteiger partial charge in [-0.3, -0.25) is 0 Å². The van der Waals surface area contributed by atoms with E-state index in [2.05, 4.69) is 257 Å². The summed E-state index contributed by atoms with van der Waals surface area (Å²) in [4.78, 5) is 10.7. The van der Waals surface area contributed by atoms with Crippen molar-refractivity contribution in [2.24, 2.45) is 0 Å². The van der Waals surface area contributed by atoms with Gasteiger partial charge in [0.25, 0.3) is 6.71 Å².